The second-order valence-electron chi connectivity index (χ2n) is 7.01. The first-order valence-corrected chi connectivity index (χ1v) is 10.2. The minimum Gasteiger partial charge on any atom is -0.338 e. The minimum atomic E-state index is -3.78. The van der Waals surface area contributed by atoms with E-state index in [1.807, 2.05) is 51.1 Å². The molecule has 0 amide bonds. The molecular weight excluding hydrogens is 386 g/mol. The summed E-state index contributed by atoms with van der Waals surface area (Å²) in [4.78, 5) is 4.51. The quantitative estimate of drug-likeness (QED) is 0.629. The normalized spacial score (nSPS) is 12.5. The lowest BCUT2D eigenvalue weighted by Gasteiger charge is -2.33. The summed E-state index contributed by atoms with van der Waals surface area (Å²) in [7, 11) is -3.78. The average molecular weight is 406 g/mol. The van der Waals surface area contributed by atoms with Crippen molar-refractivity contribution in [3.05, 3.63) is 65.5 Å². The number of aromatic nitrogens is 2. The fraction of sp³-hybridized carbons (Fsp3) is 0.263. The van der Waals surface area contributed by atoms with Crippen LogP contribution in [0.3, 0.4) is 0 Å². The highest BCUT2D eigenvalue weighted by Crippen LogP contribution is 2.28. The van der Waals surface area contributed by atoms with Gasteiger partial charge in [-0.1, -0.05) is 47.1 Å². The summed E-state index contributed by atoms with van der Waals surface area (Å²) < 4.78 is 33.0. The van der Waals surface area contributed by atoms with Crippen molar-refractivity contribution in [3.8, 4) is 11.4 Å². The maximum Gasteiger partial charge on any atom is 0.244 e. The fourth-order valence-electron chi connectivity index (χ4n) is 2.56. The second-order valence-corrected chi connectivity index (χ2v) is 9.31. The standard InChI is InChI=1S/C19H20ClN3O3S/c1-19(2,3)23(27(24,25)16-11-9-15(20)10-12-16)13-17-21-18(22-26-17)14-7-5-4-6-8-14/h4-12H,13H2,1-3H3. The summed E-state index contributed by atoms with van der Waals surface area (Å²) in [6.45, 7) is 5.41. The highest BCUT2D eigenvalue weighted by atomic mass is 35.5. The van der Waals surface area contributed by atoms with Gasteiger partial charge in [-0.2, -0.15) is 9.29 Å². The first kappa shape index (κ1) is 19.5. The van der Waals surface area contributed by atoms with Crippen LogP contribution in [0.25, 0.3) is 11.4 Å². The Morgan fingerprint density at radius 1 is 1.04 bits per heavy atom. The highest BCUT2D eigenvalue weighted by Gasteiger charge is 2.35. The predicted molar refractivity (Wildman–Crippen MR) is 104 cm³/mol. The molecule has 3 rings (SSSR count). The summed E-state index contributed by atoms with van der Waals surface area (Å²) in [6, 6.07) is 15.4. The lowest BCUT2D eigenvalue weighted by Crippen LogP contribution is -2.45. The van der Waals surface area contributed by atoms with E-state index in [4.69, 9.17) is 16.1 Å². The minimum absolute atomic E-state index is 0.0334. The van der Waals surface area contributed by atoms with E-state index in [-0.39, 0.29) is 17.3 Å². The molecular formula is C19H20ClN3O3S. The van der Waals surface area contributed by atoms with Crippen LogP contribution in [0, 0.1) is 0 Å². The van der Waals surface area contributed by atoms with Gasteiger partial charge in [-0.05, 0) is 45.0 Å². The van der Waals surface area contributed by atoms with Crippen LogP contribution in [-0.4, -0.2) is 28.4 Å². The van der Waals surface area contributed by atoms with E-state index >= 15 is 0 Å². The second kappa shape index (κ2) is 7.42. The monoisotopic (exact) mass is 405 g/mol. The number of benzene rings is 2. The van der Waals surface area contributed by atoms with Gasteiger partial charge in [-0.15, -0.1) is 0 Å². The molecule has 0 atom stereocenters. The Kier molecular flexibility index (Phi) is 5.37. The van der Waals surface area contributed by atoms with Crippen molar-refractivity contribution in [1.29, 1.82) is 0 Å². The van der Waals surface area contributed by atoms with Crippen molar-refractivity contribution in [1.82, 2.24) is 14.4 Å². The molecule has 142 valence electrons. The average Bonchev–Trinajstić information content (AvgIpc) is 3.08. The smallest absolute Gasteiger partial charge is 0.244 e. The van der Waals surface area contributed by atoms with E-state index in [1.165, 1.54) is 16.4 Å². The molecule has 8 heteroatoms. The number of hydrogen-bond donors (Lipinski definition) is 0. The Bertz CT molecular complexity index is 1010. The predicted octanol–water partition coefficient (Wildman–Crippen LogP) is 4.38. The molecule has 27 heavy (non-hydrogen) atoms. The van der Waals surface area contributed by atoms with E-state index in [0.29, 0.717) is 10.8 Å². The van der Waals surface area contributed by atoms with Crippen LogP contribution in [0.15, 0.2) is 64.0 Å². The van der Waals surface area contributed by atoms with Gasteiger partial charge in [-0.25, -0.2) is 8.42 Å². The third-order valence-electron chi connectivity index (χ3n) is 3.93. The summed E-state index contributed by atoms with van der Waals surface area (Å²) in [5, 5.41) is 4.44. The van der Waals surface area contributed by atoms with Crippen molar-refractivity contribution in [2.45, 2.75) is 37.8 Å². The van der Waals surface area contributed by atoms with Crippen molar-refractivity contribution in [3.63, 3.8) is 0 Å². The van der Waals surface area contributed by atoms with Crippen LogP contribution in [0.4, 0.5) is 0 Å². The van der Waals surface area contributed by atoms with Gasteiger partial charge in [0.25, 0.3) is 0 Å². The number of halogens is 1. The zero-order chi connectivity index (χ0) is 19.7. The molecule has 0 N–H and O–H groups in total. The van der Waals surface area contributed by atoms with Gasteiger partial charge in [0.15, 0.2) is 0 Å². The molecule has 1 heterocycles. The van der Waals surface area contributed by atoms with Gasteiger partial charge >= 0.3 is 0 Å². The first-order chi connectivity index (χ1) is 12.7. The molecule has 0 aliphatic heterocycles. The Balaban J connectivity index is 1.93. The third kappa shape index (κ3) is 4.37. The Morgan fingerprint density at radius 2 is 1.67 bits per heavy atom. The Hall–Kier alpha value is -2.22. The van der Waals surface area contributed by atoms with Gasteiger partial charge in [-0.3, -0.25) is 0 Å². The fourth-order valence-corrected chi connectivity index (χ4v) is 4.42. The lowest BCUT2D eigenvalue weighted by atomic mass is 10.1. The molecule has 0 aliphatic rings. The van der Waals surface area contributed by atoms with Crippen LogP contribution in [0.5, 0.6) is 0 Å². The number of sulfonamides is 1. The maximum absolute atomic E-state index is 13.2. The summed E-state index contributed by atoms with van der Waals surface area (Å²) in [5.74, 6) is 0.643. The zero-order valence-corrected chi connectivity index (χ0v) is 16.8. The van der Waals surface area contributed by atoms with Gasteiger partial charge in [0.2, 0.25) is 21.7 Å². The van der Waals surface area contributed by atoms with Gasteiger partial charge in [0.1, 0.15) is 0 Å². The van der Waals surface area contributed by atoms with Crippen molar-refractivity contribution < 1.29 is 12.9 Å². The van der Waals surface area contributed by atoms with Crippen molar-refractivity contribution in [2.75, 3.05) is 0 Å². The number of nitrogens with zero attached hydrogens (tertiary/aromatic N) is 3. The summed E-state index contributed by atoms with van der Waals surface area (Å²) in [5.41, 5.74) is 0.107. The molecule has 1 aromatic heterocycles. The van der Waals surface area contributed by atoms with Crippen LogP contribution < -0.4 is 0 Å². The highest BCUT2D eigenvalue weighted by molar-refractivity contribution is 7.89. The molecule has 3 aromatic rings. The Morgan fingerprint density at radius 3 is 2.26 bits per heavy atom. The van der Waals surface area contributed by atoms with Gasteiger partial charge in [0, 0.05) is 16.1 Å². The topological polar surface area (TPSA) is 76.3 Å². The lowest BCUT2D eigenvalue weighted by molar-refractivity contribution is 0.214. The van der Waals surface area contributed by atoms with Crippen LogP contribution in [0.2, 0.25) is 5.02 Å². The molecule has 0 fully saturated rings. The Labute approximate surface area is 163 Å². The van der Waals surface area contributed by atoms with Crippen molar-refractivity contribution >= 4 is 21.6 Å². The first-order valence-electron chi connectivity index (χ1n) is 8.34. The molecule has 0 radical (unpaired) electrons. The summed E-state index contributed by atoms with van der Waals surface area (Å²) in [6.07, 6.45) is 0. The van der Waals surface area contributed by atoms with Crippen LogP contribution in [0.1, 0.15) is 26.7 Å². The van der Waals surface area contributed by atoms with Gasteiger partial charge < -0.3 is 4.52 Å². The van der Waals surface area contributed by atoms with E-state index in [0.717, 1.165) is 5.56 Å². The van der Waals surface area contributed by atoms with Crippen LogP contribution in [-0.2, 0) is 16.6 Å². The molecule has 0 unspecified atom stereocenters. The number of hydrogen-bond acceptors (Lipinski definition) is 5. The SMILES string of the molecule is CC(C)(C)N(Cc1nc(-c2ccccc2)no1)S(=O)(=O)c1ccc(Cl)cc1. The molecule has 6 nitrogen and oxygen atoms in total. The van der Waals surface area contributed by atoms with E-state index in [2.05, 4.69) is 10.1 Å². The van der Waals surface area contributed by atoms with E-state index in [9.17, 15) is 8.42 Å². The third-order valence-corrected chi connectivity index (χ3v) is 6.31. The van der Waals surface area contributed by atoms with E-state index in [1.54, 1.807) is 12.1 Å². The summed E-state index contributed by atoms with van der Waals surface area (Å²) >= 11 is 5.88. The molecule has 0 bridgehead atoms. The van der Waals surface area contributed by atoms with Crippen molar-refractivity contribution in [2.24, 2.45) is 0 Å². The number of rotatable bonds is 5. The van der Waals surface area contributed by atoms with E-state index < -0.39 is 15.6 Å². The largest absolute Gasteiger partial charge is 0.338 e. The molecule has 0 saturated carbocycles. The van der Waals surface area contributed by atoms with Crippen LogP contribution >= 0.6 is 11.6 Å². The maximum atomic E-state index is 13.2. The molecule has 0 aliphatic carbocycles. The molecule has 2 aromatic carbocycles. The van der Waals surface area contributed by atoms with Gasteiger partial charge in [0.05, 0.1) is 11.4 Å². The molecule has 0 saturated heterocycles. The zero-order valence-electron chi connectivity index (χ0n) is 15.3. The molecule has 0 spiro atoms.